The number of anilines is 1. The number of thiophene rings is 1. The maximum atomic E-state index is 12.7. The molecule has 2 N–H and O–H groups in total. The molecule has 4 rings (SSSR count). The smallest absolute Gasteiger partial charge is 0.346 e. The van der Waals surface area contributed by atoms with Crippen LogP contribution in [0.2, 0.25) is 0 Å². The molecular weight excluding hydrogens is 426 g/mol. The van der Waals surface area contributed by atoms with Crippen LogP contribution < -0.4 is 14.8 Å². The van der Waals surface area contributed by atoms with E-state index in [0.717, 1.165) is 28.8 Å². The first-order valence-electron chi connectivity index (χ1n) is 10.6. The molecule has 1 atom stereocenters. The molecule has 0 saturated carbocycles. The molecule has 1 aliphatic rings. The summed E-state index contributed by atoms with van der Waals surface area (Å²) in [5.41, 5.74) is 2.81. The van der Waals surface area contributed by atoms with Gasteiger partial charge in [-0.15, -0.1) is 11.3 Å². The van der Waals surface area contributed by atoms with Gasteiger partial charge in [-0.3, -0.25) is 4.79 Å². The van der Waals surface area contributed by atoms with E-state index in [1.165, 1.54) is 11.3 Å². The van der Waals surface area contributed by atoms with Gasteiger partial charge in [0, 0.05) is 22.8 Å². The highest BCUT2D eigenvalue weighted by atomic mass is 32.1. The number of nitrogens with one attached hydrogen (secondary N) is 1. The van der Waals surface area contributed by atoms with Crippen LogP contribution in [0.5, 0.6) is 11.5 Å². The van der Waals surface area contributed by atoms with Crippen LogP contribution in [0.25, 0.3) is 11.1 Å². The van der Waals surface area contributed by atoms with Crippen LogP contribution in [0.1, 0.15) is 52.2 Å². The van der Waals surface area contributed by atoms with Crippen molar-refractivity contribution in [3.8, 4) is 22.6 Å². The van der Waals surface area contributed by atoms with Gasteiger partial charge in [-0.05, 0) is 29.7 Å². The van der Waals surface area contributed by atoms with E-state index in [4.69, 9.17) is 9.47 Å². The third kappa shape index (κ3) is 4.21. The fourth-order valence-corrected chi connectivity index (χ4v) is 5.18. The van der Waals surface area contributed by atoms with E-state index < -0.39 is 5.97 Å². The Hall–Kier alpha value is -3.32. The topological polar surface area (TPSA) is 84.9 Å². The van der Waals surface area contributed by atoms with Crippen molar-refractivity contribution in [3.63, 3.8) is 0 Å². The van der Waals surface area contributed by atoms with Crippen LogP contribution in [-0.4, -0.2) is 30.7 Å². The second kappa shape index (κ2) is 9.44. The lowest BCUT2D eigenvalue weighted by Gasteiger charge is -2.24. The van der Waals surface area contributed by atoms with Gasteiger partial charge in [0.25, 0.3) is 0 Å². The van der Waals surface area contributed by atoms with E-state index >= 15 is 0 Å². The number of carboxylic acid groups (broad SMARTS) is 1. The summed E-state index contributed by atoms with van der Waals surface area (Å²) in [4.78, 5) is 25.8. The van der Waals surface area contributed by atoms with Gasteiger partial charge in [0.2, 0.25) is 5.91 Å². The number of benzene rings is 2. The molecule has 3 aromatic rings. The van der Waals surface area contributed by atoms with Crippen LogP contribution >= 0.6 is 11.3 Å². The maximum absolute atomic E-state index is 12.7. The summed E-state index contributed by atoms with van der Waals surface area (Å²) in [5, 5.41) is 12.8. The maximum Gasteiger partial charge on any atom is 0.346 e. The molecule has 2 heterocycles. The Bertz CT molecular complexity index is 1140. The normalized spacial score (nSPS) is 15.1. The SMILES string of the molecule is CCCCOc1cc([C@H]2CC(=O)Nc3c2sc(C(=O)O)c3-c2ccccc2)ccc1OC. The summed E-state index contributed by atoms with van der Waals surface area (Å²) in [6, 6.07) is 15.0. The van der Waals surface area contributed by atoms with Gasteiger partial charge in [-0.25, -0.2) is 4.79 Å². The highest BCUT2D eigenvalue weighted by molar-refractivity contribution is 7.15. The van der Waals surface area contributed by atoms with Crippen LogP contribution in [0, 0.1) is 0 Å². The predicted molar refractivity (Wildman–Crippen MR) is 125 cm³/mol. The molecule has 0 radical (unpaired) electrons. The van der Waals surface area contributed by atoms with Gasteiger partial charge in [0.15, 0.2) is 11.5 Å². The number of amides is 1. The van der Waals surface area contributed by atoms with Gasteiger partial charge in [-0.1, -0.05) is 49.7 Å². The minimum Gasteiger partial charge on any atom is -0.493 e. The van der Waals surface area contributed by atoms with E-state index in [0.29, 0.717) is 29.4 Å². The first-order valence-corrected chi connectivity index (χ1v) is 11.4. The van der Waals surface area contributed by atoms with Gasteiger partial charge in [0.05, 0.1) is 19.4 Å². The minimum atomic E-state index is -1.01. The van der Waals surface area contributed by atoms with E-state index in [1.54, 1.807) is 7.11 Å². The molecule has 32 heavy (non-hydrogen) atoms. The number of hydrogen-bond donors (Lipinski definition) is 2. The number of methoxy groups -OCH3 is 1. The summed E-state index contributed by atoms with van der Waals surface area (Å²) < 4.78 is 11.4. The molecule has 0 fully saturated rings. The third-order valence-corrected chi connectivity index (χ3v) is 6.80. The molecule has 0 aliphatic carbocycles. The quantitative estimate of drug-likeness (QED) is 0.425. The van der Waals surface area contributed by atoms with E-state index in [-0.39, 0.29) is 23.1 Å². The number of carbonyl (C=O) groups is 2. The highest BCUT2D eigenvalue weighted by Crippen LogP contribution is 2.50. The van der Waals surface area contributed by atoms with Crippen molar-refractivity contribution in [3.05, 3.63) is 63.8 Å². The number of carbonyl (C=O) groups excluding carboxylic acids is 1. The molecule has 166 valence electrons. The zero-order valence-corrected chi connectivity index (χ0v) is 18.8. The molecule has 0 bridgehead atoms. The molecule has 6 nitrogen and oxygen atoms in total. The van der Waals surface area contributed by atoms with E-state index in [9.17, 15) is 14.7 Å². The summed E-state index contributed by atoms with van der Waals surface area (Å²) in [5.74, 6) is -0.149. The van der Waals surface area contributed by atoms with Crippen molar-refractivity contribution in [1.29, 1.82) is 0 Å². The average molecular weight is 452 g/mol. The molecule has 1 aromatic heterocycles. The fourth-order valence-electron chi connectivity index (χ4n) is 3.94. The van der Waals surface area contributed by atoms with Crippen molar-refractivity contribution in [1.82, 2.24) is 0 Å². The fraction of sp³-hybridized carbons (Fsp3) is 0.280. The Balaban J connectivity index is 1.82. The molecular formula is C25H25NO5S. The standard InChI is InChI=1S/C25H25NO5S/c1-3-4-12-31-19-13-16(10-11-18(19)30-2)17-14-20(27)26-22-21(15-8-6-5-7-9-15)24(25(28)29)32-23(17)22/h5-11,13,17H,3-4,12,14H2,1-2H3,(H,26,27)(H,28,29)/t17-/m1/s1. The molecule has 0 saturated heterocycles. The van der Waals surface area contributed by atoms with Gasteiger partial charge < -0.3 is 19.9 Å². The van der Waals surface area contributed by atoms with Gasteiger partial charge >= 0.3 is 5.97 Å². The largest absolute Gasteiger partial charge is 0.493 e. The zero-order valence-electron chi connectivity index (χ0n) is 18.0. The molecule has 0 spiro atoms. The zero-order chi connectivity index (χ0) is 22.7. The van der Waals surface area contributed by atoms with Gasteiger partial charge in [-0.2, -0.15) is 0 Å². The summed E-state index contributed by atoms with van der Waals surface area (Å²) in [6.45, 7) is 2.67. The van der Waals surface area contributed by atoms with Crippen LogP contribution in [0.4, 0.5) is 5.69 Å². The molecule has 0 unspecified atom stereocenters. The van der Waals surface area contributed by atoms with Crippen molar-refractivity contribution in [2.75, 3.05) is 19.0 Å². The average Bonchev–Trinajstić information content (AvgIpc) is 3.19. The lowest BCUT2D eigenvalue weighted by molar-refractivity contribution is -0.116. The Kier molecular flexibility index (Phi) is 6.46. The number of unbranched alkanes of at least 4 members (excludes halogenated alkanes) is 1. The Morgan fingerprint density at radius 2 is 1.97 bits per heavy atom. The number of ether oxygens (including phenoxy) is 2. The van der Waals surface area contributed by atoms with Crippen molar-refractivity contribution in [2.45, 2.75) is 32.1 Å². The molecule has 2 aromatic carbocycles. The van der Waals surface area contributed by atoms with E-state index in [1.807, 2.05) is 48.5 Å². The number of carboxylic acids is 1. The second-order valence-corrected chi connectivity index (χ2v) is 8.69. The molecule has 7 heteroatoms. The van der Waals surface area contributed by atoms with Crippen LogP contribution in [0.3, 0.4) is 0 Å². The third-order valence-electron chi connectivity index (χ3n) is 5.51. The monoisotopic (exact) mass is 451 g/mol. The lowest BCUT2D eigenvalue weighted by Crippen LogP contribution is -2.22. The summed E-state index contributed by atoms with van der Waals surface area (Å²) in [6.07, 6.45) is 2.18. The molecule has 1 amide bonds. The first kappa shape index (κ1) is 21.9. The number of rotatable bonds is 8. The Labute approximate surface area is 190 Å². The highest BCUT2D eigenvalue weighted by Gasteiger charge is 2.34. The van der Waals surface area contributed by atoms with Crippen LogP contribution in [0.15, 0.2) is 48.5 Å². The number of hydrogen-bond acceptors (Lipinski definition) is 5. The van der Waals surface area contributed by atoms with Crippen LogP contribution in [-0.2, 0) is 4.79 Å². The van der Waals surface area contributed by atoms with Gasteiger partial charge in [0.1, 0.15) is 4.88 Å². The van der Waals surface area contributed by atoms with Crippen molar-refractivity contribution in [2.24, 2.45) is 0 Å². The molecule has 1 aliphatic heterocycles. The van der Waals surface area contributed by atoms with E-state index in [2.05, 4.69) is 12.2 Å². The lowest BCUT2D eigenvalue weighted by atomic mass is 9.88. The Morgan fingerprint density at radius 3 is 2.66 bits per heavy atom. The Morgan fingerprint density at radius 1 is 1.19 bits per heavy atom. The van der Waals surface area contributed by atoms with Crippen molar-refractivity contribution < 1.29 is 24.2 Å². The number of fused-ring (bicyclic) bond motifs is 1. The second-order valence-electron chi connectivity index (χ2n) is 7.63. The summed E-state index contributed by atoms with van der Waals surface area (Å²) >= 11 is 1.22. The number of aromatic carboxylic acids is 1. The first-order chi connectivity index (χ1) is 15.5. The van der Waals surface area contributed by atoms with Crippen molar-refractivity contribution >= 4 is 28.9 Å². The minimum absolute atomic E-state index is 0.140. The summed E-state index contributed by atoms with van der Waals surface area (Å²) in [7, 11) is 1.60. The predicted octanol–water partition coefficient (Wildman–Crippen LogP) is 5.77.